The molecule has 3 N–H and O–H groups in total. The van der Waals surface area contributed by atoms with Crippen LogP contribution in [0.25, 0.3) is 11.0 Å². The van der Waals surface area contributed by atoms with E-state index in [0.717, 1.165) is 36.4 Å². The first kappa shape index (κ1) is 11.5. The normalized spacial score (nSPS) is 20.2. The number of hydrogen-bond acceptors (Lipinski definition) is 4. The average molecular weight is 245 g/mol. The van der Waals surface area contributed by atoms with Gasteiger partial charge in [0.15, 0.2) is 0 Å². The van der Waals surface area contributed by atoms with Crippen LogP contribution in [0.1, 0.15) is 25.3 Å². The number of H-pyrrole nitrogens is 1. The van der Waals surface area contributed by atoms with Crippen LogP contribution in [0.3, 0.4) is 0 Å². The number of aromatic nitrogens is 3. The van der Waals surface area contributed by atoms with Crippen molar-refractivity contribution in [3.63, 3.8) is 0 Å². The maximum absolute atomic E-state index is 4.41. The smallest absolute Gasteiger partial charge is 0.143 e. The van der Waals surface area contributed by atoms with Crippen molar-refractivity contribution < 1.29 is 0 Å². The van der Waals surface area contributed by atoms with Crippen molar-refractivity contribution in [2.75, 3.05) is 18.4 Å². The molecule has 0 bridgehead atoms. The van der Waals surface area contributed by atoms with E-state index in [-0.39, 0.29) is 0 Å². The first-order valence-corrected chi connectivity index (χ1v) is 6.66. The fourth-order valence-electron chi connectivity index (χ4n) is 2.58. The summed E-state index contributed by atoms with van der Waals surface area (Å²) in [7, 11) is 0. The summed E-state index contributed by atoms with van der Waals surface area (Å²) in [6.45, 7) is 4.29. The molecule has 5 heteroatoms. The van der Waals surface area contributed by atoms with E-state index in [1.807, 2.05) is 6.20 Å². The van der Waals surface area contributed by atoms with Gasteiger partial charge in [-0.3, -0.25) is 0 Å². The van der Waals surface area contributed by atoms with Crippen LogP contribution in [0.15, 0.2) is 12.5 Å². The van der Waals surface area contributed by atoms with Crippen molar-refractivity contribution in [1.82, 2.24) is 20.3 Å². The molecule has 2 aromatic rings. The summed E-state index contributed by atoms with van der Waals surface area (Å²) in [6, 6.07) is 0.469. The van der Waals surface area contributed by atoms with Crippen LogP contribution < -0.4 is 10.6 Å². The zero-order chi connectivity index (χ0) is 12.4. The van der Waals surface area contributed by atoms with Gasteiger partial charge in [0.05, 0.1) is 5.39 Å². The van der Waals surface area contributed by atoms with Crippen molar-refractivity contribution in [2.24, 2.45) is 0 Å². The summed E-state index contributed by atoms with van der Waals surface area (Å²) in [5.41, 5.74) is 2.20. The Morgan fingerprint density at radius 2 is 2.39 bits per heavy atom. The van der Waals surface area contributed by atoms with E-state index in [0.29, 0.717) is 6.04 Å². The van der Waals surface area contributed by atoms with E-state index in [9.17, 15) is 0 Å². The van der Waals surface area contributed by atoms with Gasteiger partial charge in [-0.25, -0.2) is 9.97 Å². The molecule has 0 saturated carbocycles. The molecule has 1 atom stereocenters. The minimum atomic E-state index is 0.469. The molecule has 0 spiro atoms. The summed E-state index contributed by atoms with van der Waals surface area (Å²) in [5, 5.41) is 8.11. The maximum atomic E-state index is 4.41. The van der Waals surface area contributed by atoms with Gasteiger partial charge in [-0.05, 0) is 31.4 Å². The highest BCUT2D eigenvalue weighted by atomic mass is 15.1. The maximum Gasteiger partial charge on any atom is 0.143 e. The molecule has 1 aliphatic rings. The van der Waals surface area contributed by atoms with Crippen LogP contribution in [0, 0.1) is 0 Å². The Labute approximate surface area is 106 Å². The zero-order valence-corrected chi connectivity index (χ0v) is 10.7. The topological polar surface area (TPSA) is 65.6 Å². The summed E-state index contributed by atoms with van der Waals surface area (Å²) >= 11 is 0. The Morgan fingerprint density at radius 3 is 3.17 bits per heavy atom. The number of rotatable bonds is 3. The van der Waals surface area contributed by atoms with Gasteiger partial charge < -0.3 is 15.6 Å². The average Bonchev–Trinajstić information content (AvgIpc) is 2.84. The molecule has 5 nitrogen and oxygen atoms in total. The van der Waals surface area contributed by atoms with Crippen molar-refractivity contribution in [2.45, 2.75) is 32.2 Å². The predicted octanol–water partition coefficient (Wildman–Crippen LogP) is 1.68. The minimum absolute atomic E-state index is 0.469. The first-order chi connectivity index (χ1) is 8.88. The number of nitrogens with zero attached hydrogens (tertiary/aromatic N) is 2. The predicted molar refractivity (Wildman–Crippen MR) is 72.8 cm³/mol. The summed E-state index contributed by atoms with van der Waals surface area (Å²) in [4.78, 5) is 11.9. The second kappa shape index (κ2) is 4.94. The van der Waals surface area contributed by atoms with Gasteiger partial charge >= 0.3 is 0 Å². The monoisotopic (exact) mass is 245 g/mol. The number of aryl methyl sites for hydroxylation is 1. The second-order valence-corrected chi connectivity index (χ2v) is 4.80. The fraction of sp³-hybridized carbons (Fsp3) is 0.538. The van der Waals surface area contributed by atoms with Crippen molar-refractivity contribution in [3.8, 4) is 0 Å². The minimum Gasteiger partial charge on any atom is -0.365 e. The Bertz CT molecular complexity index is 527. The molecule has 1 saturated heterocycles. The number of fused-ring (bicyclic) bond motifs is 1. The number of nitrogens with one attached hydrogen (secondary N) is 3. The highest BCUT2D eigenvalue weighted by Crippen LogP contribution is 2.24. The third-order valence-electron chi connectivity index (χ3n) is 3.57. The lowest BCUT2D eigenvalue weighted by molar-refractivity contribution is 0.479. The quantitative estimate of drug-likeness (QED) is 0.770. The lowest BCUT2D eigenvalue weighted by atomic mass is 10.1. The van der Waals surface area contributed by atoms with Crippen LogP contribution in [0.5, 0.6) is 0 Å². The molecule has 2 aromatic heterocycles. The third kappa shape index (κ3) is 2.06. The van der Waals surface area contributed by atoms with Crippen LogP contribution in [-0.2, 0) is 6.42 Å². The highest BCUT2D eigenvalue weighted by molar-refractivity contribution is 5.90. The number of aromatic amines is 1. The van der Waals surface area contributed by atoms with Crippen LogP contribution in [0.4, 0.5) is 5.82 Å². The highest BCUT2D eigenvalue weighted by Gasteiger charge is 2.16. The summed E-state index contributed by atoms with van der Waals surface area (Å²) < 4.78 is 0. The van der Waals surface area contributed by atoms with Crippen LogP contribution in [-0.4, -0.2) is 34.1 Å². The van der Waals surface area contributed by atoms with E-state index < -0.39 is 0 Å². The molecule has 0 amide bonds. The van der Waals surface area contributed by atoms with Gasteiger partial charge in [0.25, 0.3) is 0 Å². The van der Waals surface area contributed by atoms with E-state index in [2.05, 4.69) is 32.5 Å². The van der Waals surface area contributed by atoms with Crippen LogP contribution in [0.2, 0.25) is 0 Å². The largest absolute Gasteiger partial charge is 0.365 e. The van der Waals surface area contributed by atoms with E-state index in [4.69, 9.17) is 0 Å². The lowest BCUT2D eigenvalue weighted by Crippen LogP contribution is -2.38. The summed E-state index contributed by atoms with van der Waals surface area (Å²) in [5.74, 6) is 0.965. The standard InChI is InChI=1S/C13H19N5/c1-2-9-6-15-12-11(9)13(17-8-16-12)18-10-4-3-5-14-7-10/h6,8,10,14H,2-5,7H2,1H3,(H2,15,16,17,18)/t10-/m1/s1. The molecule has 18 heavy (non-hydrogen) atoms. The zero-order valence-electron chi connectivity index (χ0n) is 10.7. The van der Waals surface area contributed by atoms with E-state index in [1.54, 1.807) is 6.33 Å². The molecule has 3 heterocycles. The molecule has 96 valence electrons. The van der Waals surface area contributed by atoms with Gasteiger partial charge in [0, 0.05) is 18.8 Å². The SMILES string of the molecule is CCc1c[nH]c2ncnc(N[C@@H]3CCCNC3)c12. The molecule has 1 fully saturated rings. The lowest BCUT2D eigenvalue weighted by Gasteiger charge is -2.24. The van der Waals surface area contributed by atoms with Gasteiger partial charge in [0.2, 0.25) is 0 Å². The van der Waals surface area contributed by atoms with E-state index in [1.165, 1.54) is 18.4 Å². The second-order valence-electron chi connectivity index (χ2n) is 4.80. The molecular weight excluding hydrogens is 226 g/mol. The van der Waals surface area contributed by atoms with Gasteiger partial charge in [-0.15, -0.1) is 0 Å². The molecular formula is C13H19N5. The van der Waals surface area contributed by atoms with Gasteiger partial charge in [-0.2, -0.15) is 0 Å². The molecule has 0 aromatic carbocycles. The number of piperidine rings is 1. The first-order valence-electron chi connectivity index (χ1n) is 6.66. The molecule has 0 radical (unpaired) electrons. The Kier molecular flexibility index (Phi) is 3.15. The summed E-state index contributed by atoms with van der Waals surface area (Å²) in [6.07, 6.45) is 7.07. The van der Waals surface area contributed by atoms with E-state index >= 15 is 0 Å². The van der Waals surface area contributed by atoms with Crippen LogP contribution >= 0.6 is 0 Å². The van der Waals surface area contributed by atoms with Gasteiger partial charge in [-0.1, -0.05) is 6.92 Å². The Balaban J connectivity index is 1.92. The number of anilines is 1. The van der Waals surface area contributed by atoms with Crippen molar-refractivity contribution in [1.29, 1.82) is 0 Å². The number of hydrogen-bond donors (Lipinski definition) is 3. The Hall–Kier alpha value is -1.62. The van der Waals surface area contributed by atoms with Crippen molar-refractivity contribution in [3.05, 3.63) is 18.1 Å². The van der Waals surface area contributed by atoms with Crippen molar-refractivity contribution >= 4 is 16.9 Å². The fourth-order valence-corrected chi connectivity index (χ4v) is 2.58. The molecule has 0 aliphatic carbocycles. The Morgan fingerprint density at radius 1 is 1.44 bits per heavy atom. The molecule has 0 unspecified atom stereocenters. The molecule has 1 aliphatic heterocycles. The third-order valence-corrected chi connectivity index (χ3v) is 3.57. The van der Waals surface area contributed by atoms with Gasteiger partial charge in [0.1, 0.15) is 17.8 Å². The molecule has 3 rings (SSSR count).